The molecular formula is C22H25N5OS. The molecule has 0 spiro atoms. The zero-order valence-electron chi connectivity index (χ0n) is 16.8. The van der Waals surface area contributed by atoms with Crippen molar-refractivity contribution in [1.82, 2.24) is 18.2 Å². The number of aryl methyl sites for hydroxylation is 2. The third-order valence-electron chi connectivity index (χ3n) is 6.10. The highest BCUT2D eigenvalue weighted by atomic mass is 32.1. The van der Waals surface area contributed by atoms with Crippen LogP contribution in [0.4, 0.5) is 5.82 Å². The number of fused-ring (bicyclic) bond motifs is 2. The number of benzene rings is 1. The van der Waals surface area contributed by atoms with Gasteiger partial charge in [0.05, 0.1) is 4.70 Å². The lowest BCUT2D eigenvalue weighted by molar-refractivity contribution is 0.247. The molecule has 1 aliphatic heterocycles. The molecule has 150 valence electrons. The predicted octanol–water partition coefficient (Wildman–Crippen LogP) is 3.15. The van der Waals surface area contributed by atoms with Gasteiger partial charge in [-0.2, -0.15) is 4.37 Å². The predicted molar refractivity (Wildman–Crippen MR) is 119 cm³/mol. The van der Waals surface area contributed by atoms with Gasteiger partial charge in [0.1, 0.15) is 11.3 Å². The smallest absolute Gasteiger partial charge is 0.275 e. The van der Waals surface area contributed by atoms with E-state index in [-0.39, 0.29) is 5.56 Å². The Bertz CT molecular complexity index is 1230. The van der Waals surface area contributed by atoms with Crippen LogP contribution in [0.1, 0.15) is 11.1 Å². The Hall–Kier alpha value is -2.64. The van der Waals surface area contributed by atoms with Crippen LogP contribution < -0.4 is 10.5 Å². The molecule has 0 unspecified atom stereocenters. The van der Waals surface area contributed by atoms with Crippen LogP contribution in [-0.4, -0.2) is 51.0 Å². The molecule has 1 fully saturated rings. The number of hydrogen-bond acceptors (Lipinski definition) is 5. The maximum Gasteiger partial charge on any atom is 0.275 e. The van der Waals surface area contributed by atoms with Crippen LogP contribution in [0, 0.1) is 13.8 Å². The lowest BCUT2D eigenvalue weighted by Crippen LogP contribution is -2.47. The highest BCUT2D eigenvalue weighted by Gasteiger charge is 2.20. The molecule has 1 aromatic carbocycles. The van der Waals surface area contributed by atoms with E-state index in [0.29, 0.717) is 0 Å². The van der Waals surface area contributed by atoms with E-state index in [1.807, 2.05) is 34.5 Å². The molecule has 29 heavy (non-hydrogen) atoms. The van der Waals surface area contributed by atoms with Gasteiger partial charge in [0, 0.05) is 63.2 Å². The van der Waals surface area contributed by atoms with Gasteiger partial charge in [0.15, 0.2) is 0 Å². The SMILES string of the molecule is Cc1cn2ccn(CCN3CCN(c4nsc5ccccc45)CC3)c(=O)c2c1C. The van der Waals surface area contributed by atoms with Gasteiger partial charge in [-0.25, -0.2) is 0 Å². The summed E-state index contributed by atoms with van der Waals surface area (Å²) in [6, 6.07) is 8.45. The molecule has 0 radical (unpaired) electrons. The number of nitrogens with zero attached hydrogens (tertiary/aromatic N) is 5. The molecule has 0 saturated carbocycles. The summed E-state index contributed by atoms with van der Waals surface area (Å²) in [6.07, 6.45) is 5.92. The van der Waals surface area contributed by atoms with Crippen molar-refractivity contribution in [3.8, 4) is 0 Å². The van der Waals surface area contributed by atoms with Gasteiger partial charge < -0.3 is 13.9 Å². The van der Waals surface area contributed by atoms with Crippen molar-refractivity contribution in [3.05, 3.63) is 64.3 Å². The third-order valence-corrected chi connectivity index (χ3v) is 6.91. The molecule has 1 aliphatic rings. The summed E-state index contributed by atoms with van der Waals surface area (Å²) >= 11 is 1.58. The summed E-state index contributed by atoms with van der Waals surface area (Å²) in [5, 5.41) is 1.25. The fourth-order valence-electron chi connectivity index (χ4n) is 4.20. The number of hydrogen-bond donors (Lipinski definition) is 0. The zero-order valence-corrected chi connectivity index (χ0v) is 17.7. The lowest BCUT2D eigenvalue weighted by atomic mass is 10.2. The van der Waals surface area contributed by atoms with Crippen molar-refractivity contribution in [1.29, 1.82) is 0 Å². The van der Waals surface area contributed by atoms with Gasteiger partial charge in [-0.05, 0) is 48.6 Å². The van der Waals surface area contributed by atoms with Crippen LogP contribution in [0.25, 0.3) is 15.6 Å². The Kier molecular flexibility index (Phi) is 4.64. The monoisotopic (exact) mass is 407 g/mol. The summed E-state index contributed by atoms with van der Waals surface area (Å²) in [7, 11) is 0. The fraction of sp³-hybridized carbons (Fsp3) is 0.364. The number of aromatic nitrogens is 3. The summed E-state index contributed by atoms with van der Waals surface area (Å²) in [6.45, 7) is 9.61. The summed E-state index contributed by atoms with van der Waals surface area (Å²) in [5.41, 5.74) is 3.13. The van der Waals surface area contributed by atoms with Crippen molar-refractivity contribution in [2.45, 2.75) is 20.4 Å². The third kappa shape index (κ3) is 3.24. The summed E-state index contributed by atoms with van der Waals surface area (Å²) < 4.78 is 9.73. The lowest BCUT2D eigenvalue weighted by Gasteiger charge is -2.35. The minimum Gasteiger partial charge on any atom is -0.353 e. The Morgan fingerprint density at radius 1 is 1.03 bits per heavy atom. The van der Waals surface area contributed by atoms with Crippen molar-refractivity contribution in [3.63, 3.8) is 0 Å². The quantitative estimate of drug-likeness (QED) is 0.521. The molecule has 7 heteroatoms. The van der Waals surface area contributed by atoms with Gasteiger partial charge in [-0.3, -0.25) is 9.69 Å². The minimum atomic E-state index is 0.102. The van der Waals surface area contributed by atoms with Gasteiger partial charge >= 0.3 is 0 Å². The van der Waals surface area contributed by atoms with Crippen molar-refractivity contribution in [2.24, 2.45) is 0 Å². The highest BCUT2D eigenvalue weighted by molar-refractivity contribution is 7.13. The molecule has 0 bridgehead atoms. The Balaban J connectivity index is 1.25. The van der Waals surface area contributed by atoms with E-state index in [4.69, 9.17) is 0 Å². The van der Waals surface area contributed by atoms with Gasteiger partial charge in [-0.15, -0.1) is 0 Å². The van der Waals surface area contributed by atoms with Gasteiger partial charge in [-0.1, -0.05) is 12.1 Å². The molecule has 0 amide bonds. The second kappa shape index (κ2) is 7.31. The maximum atomic E-state index is 12.9. The topological polar surface area (TPSA) is 45.8 Å². The van der Waals surface area contributed by atoms with Gasteiger partial charge in [0.25, 0.3) is 5.56 Å². The van der Waals surface area contributed by atoms with Crippen LogP contribution >= 0.6 is 11.5 Å². The Labute approximate surface area is 173 Å². The van der Waals surface area contributed by atoms with Crippen molar-refractivity contribution >= 4 is 33.0 Å². The van der Waals surface area contributed by atoms with E-state index in [1.165, 1.54) is 10.1 Å². The van der Waals surface area contributed by atoms with Gasteiger partial charge in [0.2, 0.25) is 0 Å². The van der Waals surface area contributed by atoms with E-state index >= 15 is 0 Å². The van der Waals surface area contributed by atoms with E-state index in [1.54, 1.807) is 11.5 Å². The molecule has 6 nitrogen and oxygen atoms in total. The van der Waals surface area contributed by atoms with E-state index < -0.39 is 0 Å². The molecule has 4 heterocycles. The van der Waals surface area contributed by atoms with Crippen LogP contribution in [0.2, 0.25) is 0 Å². The molecule has 0 N–H and O–H groups in total. The number of rotatable bonds is 4. The van der Waals surface area contributed by atoms with Crippen LogP contribution in [0.15, 0.2) is 47.7 Å². The molecule has 3 aromatic heterocycles. The number of anilines is 1. The molecule has 5 rings (SSSR count). The molecule has 1 saturated heterocycles. The largest absolute Gasteiger partial charge is 0.353 e. The minimum absolute atomic E-state index is 0.102. The second-order valence-electron chi connectivity index (χ2n) is 7.82. The molecule has 0 atom stereocenters. The standard InChI is InChI=1S/C22H25N5OS/c1-16-15-27-14-13-26(22(28)20(27)17(16)2)12-9-24-7-10-25(11-8-24)21-18-5-3-4-6-19(18)29-23-21/h3-6,13-15H,7-12H2,1-2H3. The first-order valence-electron chi connectivity index (χ1n) is 10.1. The van der Waals surface area contributed by atoms with Crippen LogP contribution in [0.5, 0.6) is 0 Å². The summed E-state index contributed by atoms with van der Waals surface area (Å²) in [4.78, 5) is 17.7. The Morgan fingerprint density at radius 2 is 1.83 bits per heavy atom. The molecular weight excluding hydrogens is 382 g/mol. The molecule has 4 aromatic rings. The van der Waals surface area contributed by atoms with Crippen molar-refractivity contribution < 1.29 is 0 Å². The first-order valence-corrected chi connectivity index (χ1v) is 10.9. The molecule has 0 aliphatic carbocycles. The first kappa shape index (κ1) is 18.4. The normalized spacial score (nSPS) is 15.6. The first-order chi connectivity index (χ1) is 14.1. The van der Waals surface area contributed by atoms with E-state index in [0.717, 1.165) is 61.7 Å². The Morgan fingerprint density at radius 3 is 2.66 bits per heavy atom. The van der Waals surface area contributed by atoms with E-state index in [9.17, 15) is 4.79 Å². The van der Waals surface area contributed by atoms with Crippen molar-refractivity contribution in [2.75, 3.05) is 37.6 Å². The summed E-state index contributed by atoms with van der Waals surface area (Å²) in [5.74, 6) is 1.12. The zero-order chi connectivity index (χ0) is 20.0. The van der Waals surface area contributed by atoms with Crippen LogP contribution in [-0.2, 0) is 6.54 Å². The fourth-order valence-corrected chi connectivity index (χ4v) is 5.00. The highest BCUT2D eigenvalue weighted by Crippen LogP contribution is 2.29. The second-order valence-corrected chi connectivity index (χ2v) is 8.63. The maximum absolute atomic E-state index is 12.9. The van der Waals surface area contributed by atoms with E-state index in [2.05, 4.69) is 45.4 Å². The average Bonchev–Trinajstić information content (AvgIpc) is 3.29. The number of piperazine rings is 1. The average molecular weight is 408 g/mol. The van der Waals surface area contributed by atoms with Crippen LogP contribution in [0.3, 0.4) is 0 Å².